The number of amides is 2. The molecule has 118 valence electrons. The second-order valence-electron chi connectivity index (χ2n) is 4.73. The van der Waals surface area contributed by atoms with Crippen LogP contribution in [0.5, 0.6) is 0 Å². The van der Waals surface area contributed by atoms with E-state index in [4.69, 9.17) is 9.47 Å². The minimum Gasteiger partial charge on any atom is -0.465 e. The lowest BCUT2D eigenvalue weighted by atomic mass is 10.2. The Morgan fingerprint density at radius 2 is 2.09 bits per heavy atom. The number of cyclic esters (lactones) is 1. The summed E-state index contributed by atoms with van der Waals surface area (Å²) in [4.78, 5) is 36.4. The standard InChI is InChI=1S/C15H18N2O5/c1-2-21-13(18)9-17-12(10-22-15(17)20)14(19)16-8-11-6-4-3-5-7-11/h3-7,12H,2,8-10H2,1H3,(H,16,19)/t12-/m0/s1. The van der Waals surface area contributed by atoms with Crippen molar-refractivity contribution in [2.24, 2.45) is 0 Å². The molecule has 1 aromatic rings. The molecule has 2 amide bonds. The highest BCUT2D eigenvalue weighted by molar-refractivity contribution is 5.90. The van der Waals surface area contributed by atoms with Crippen LogP contribution in [-0.2, 0) is 25.6 Å². The molecule has 0 aliphatic carbocycles. The molecular formula is C15H18N2O5. The van der Waals surface area contributed by atoms with E-state index in [0.29, 0.717) is 6.54 Å². The van der Waals surface area contributed by atoms with E-state index < -0.39 is 18.1 Å². The summed E-state index contributed by atoms with van der Waals surface area (Å²) >= 11 is 0. The zero-order chi connectivity index (χ0) is 15.9. The number of hydrogen-bond donors (Lipinski definition) is 1. The van der Waals surface area contributed by atoms with Crippen molar-refractivity contribution in [3.8, 4) is 0 Å². The first-order valence-electron chi connectivity index (χ1n) is 7.02. The van der Waals surface area contributed by atoms with Crippen LogP contribution in [0.2, 0.25) is 0 Å². The first-order chi connectivity index (χ1) is 10.6. The van der Waals surface area contributed by atoms with Gasteiger partial charge in [0.2, 0.25) is 5.91 Å². The second kappa shape index (κ2) is 7.44. The monoisotopic (exact) mass is 306 g/mol. The van der Waals surface area contributed by atoms with Crippen LogP contribution in [0.25, 0.3) is 0 Å². The summed E-state index contributed by atoms with van der Waals surface area (Å²) in [6, 6.07) is 8.57. The zero-order valence-corrected chi connectivity index (χ0v) is 12.3. The lowest BCUT2D eigenvalue weighted by Crippen LogP contribution is -2.47. The third-order valence-electron chi connectivity index (χ3n) is 3.19. The summed E-state index contributed by atoms with van der Waals surface area (Å²) in [5, 5.41) is 2.73. The Morgan fingerprint density at radius 1 is 1.36 bits per heavy atom. The molecule has 7 nitrogen and oxygen atoms in total. The minimum absolute atomic E-state index is 0.0706. The van der Waals surface area contributed by atoms with E-state index in [1.54, 1.807) is 6.92 Å². The predicted molar refractivity (Wildman–Crippen MR) is 76.8 cm³/mol. The minimum atomic E-state index is -0.819. The van der Waals surface area contributed by atoms with Gasteiger partial charge in [-0.25, -0.2) is 4.79 Å². The van der Waals surface area contributed by atoms with Crippen LogP contribution < -0.4 is 5.32 Å². The summed E-state index contributed by atoms with van der Waals surface area (Å²) < 4.78 is 9.64. The fraction of sp³-hybridized carbons (Fsp3) is 0.400. The maximum Gasteiger partial charge on any atom is 0.411 e. The van der Waals surface area contributed by atoms with Gasteiger partial charge in [0.15, 0.2) is 0 Å². The van der Waals surface area contributed by atoms with Crippen molar-refractivity contribution in [1.82, 2.24) is 10.2 Å². The molecule has 0 saturated carbocycles. The maximum absolute atomic E-state index is 12.2. The summed E-state index contributed by atoms with van der Waals surface area (Å²) in [7, 11) is 0. The number of rotatable bonds is 6. The van der Waals surface area contributed by atoms with Gasteiger partial charge < -0.3 is 14.8 Å². The maximum atomic E-state index is 12.2. The van der Waals surface area contributed by atoms with Gasteiger partial charge in [-0.3, -0.25) is 14.5 Å². The summed E-state index contributed by atoms with van der Waals surface area (Å²) in [6.45, 7) is 1.86. The highest BCUT2D eigenvalue weighted by atomic mass is 16.6. The van der Waals surface area contributed by atoms with E-state index in [2.05, 4.69) is 5.32 Å². The van der Waals surface area contributed by atoms with Gasteiger partial charge in [0.25, 0.3) is 0 Å². The van der Waals surface area contributed by atoms with E-state index in [1.165, 1.54) is 0 Å². The molecule has 7 heteroatoms. The van der Waals surface area contributed by atoms with Crippen molar-refractivity contribution >= 4 is 18.0 Å². The topological polar surface area (TPSA) is 84.9 Å². The van der Waals surface area contributed by atoms with Crippen LogP contribution in [0.1, 0.15) is 12.5 Å². The average molecular weight is 306 g/mol. The van der Waals surface area contributed by atoms with E-state index in [9.17, 15) is 14.4 Å². The summed E-state index contributed by atoms with van der Waals surface area (Å²) in [6.07, 6.45) is -0.687. The summed E-state index contributed by atoms with van der Waals surface area (Å²) in [5.74, 6) is -0.929. The van der Waals surface area contributed by atoms with Gasteiger partial charge in [-0.2, -0.15) is 0 Å². The molecule has 1 N–H and O–H groups in total. The molecule has 1 aromatic carbocycles. The van der Waals surface area contributed by atoms with Crippen molar-refractivity contribution in [3.63, 3.8) is 0 Å². The van der Waals surface area contributed by atoms with Crippen LogP contribution in [-0.4, -0.2) is 48.7 Å². The lowest BCUT2D eigenvalue weighted by molar-refractivity contribution is -0.144. The van der Waals surface area contributed by atoms with Gasteiger partial charge in [0.1, 0.15) is 19.2 Å². The highest BCUT2D eigenvalue weighted by Gasteiger charge is 2.39. The van der Waals surface area contributed by atoms with Gasteiger partial charge in [-0.05, 0) is 12.5 Å². The third-order valence-corrected chi connectivity index (χ3v) is 3.19. The molecule has 1 heterocycles. The molecule has 1 saturated heterocycles. The molecule has 1 aliphatic rings. The Balaban J connectivity index is 1.92. The Hall–Kier alpha value is -2.57. The number of esters is 1. The highest BCUT2D eigenvalue weighted by Crippen LogP contribution is 2.13. The van der Waals surface area contributed by atoms with Crippen molar-refractivity contribution in [2.75, 3.05) is 19.8 Å². The van der Waals surface area contributed by atoms with Crippen LogP contribution in [0.3, 0.4) is 0 Å². The predicted octanol–water partition coefficient (Wildman–Crippen LogP) is 0.687. The van der Waals surface area contributed by atoms with Crippen LogP contribution >= 0.6 is 0 Å². The third kappa shape index (κ3) is 3.97. The molecule has 1 fully saturated rings. The molecule has 0 unspecified atom stereocenters. The largest absolute Gasteiger partial charge is 0.465 e. The van der Waals surface area contributed by atoms with Gasteiger partial charge >= 0.3 is 12.1 Å². The van der Waals surface area contributed by atoms with E-state index in [-0.39, 0.29) is 25.7 Å². The fourth-order valence-corrected chi connectivity index (χ4v) is 2.09. The first kappa shape index (κ1) is 15.8. The summed E-state index contributed by atoms with van der Waals surface area (Å²) in [5.41, 5.74) is 0.943. The molecule has 1 atom stereocenters. The van der Waals surface area contributed by atoms with Crippen LogP contribution in [0.4, 0.5) is 4.79 Å². The van der Waals surface area contributed by atoms with Crippen LogP contribution in [0.15, 0.2) is 30.3 Å². The fourth-order valence-electron chi connectivity index (χ4n) is 2.09. The van der Waals surface area contributed by atoms with Crippen molar-refractivity contribution in [1.29, 1.82) is 0 Å². The number of nitrogens with one attached hydrogen (secondary N) is 1. The smallest absolute Gasteiger partial charge is 0.411 e. The van der Waals surface area contributed by atoms with Gasteiger partial charge in [-0.15, -0.1) is 0 Å². The Morgan fingerprint density at radius 3 is 2.77 bits per heavy atom. The van der Waals surface area contributed by atoms with Gasteiger partial charge in [-0.1, -0.05) is 30.3 Å². The molecule has 1 aliphatic heterocycles. The first-order valence-corrected chi connectivity index (χ1v) is 7.02. The molecular weight excluding hydrogens is 288 g/mol. The zero-order valence-electron chi connectivity index (χ0n) is 12.3. The number of benzene rings is 1. The number of nitrogens with zero attached hydrogens (tertiary/aromatic N) is 1. The SMILES string of the molecule is CCOC(=O)CN1C(=O)OC[C@H]1C(=O)NCc1ccccc1. The molecule has 2 rings (SSSR count). The number of hydrogen-bond acceptors (Lipinski definition) is 5. The number of carbonyl (C=O) groups is 3. The van der Waals surface area contributed by atoms with Gasteiger partial charge in [0.05, 0.1) is 6.61 Å². The Kier molecular flexibility index (Phi) is 5.35. The van der Waals surface area contributed by atoms with E-state index in [0.717, 1.165) is 10.5 Å². The molecule has 0 radical (unpaired) electrons. The number of ether oxygens (including phenoxy) is 2. The normalized spacial score (nSPS) is 17.0. The van der Waals surface area contributed by atoms with Gasteiger partial charge in [0, 0.05) is 6.54 Å². The van der Waals surface area contributed by atoms with E-state index in [1.807, 2.05) is 30.3 Å². The molecule has 0 aromatic heterocycles. The Labute approximate surface area is 128 Å². The lowest BCUT2D eigenvalue weighted by Gasteiger charge is -2.19. The quantitative estimate of drug-likeness (QED) is 0.782. The van der Waals surface area contributed by atoms with Crippen molar-refractivity contribution < 1.29 is 23.9 Å². The molecule has 0 spiro atoms. The average Bonchev–Trinajstić information content (AvgIpc) is 2.87. The Bertz CT molecular complexity index is 546. The van der Waals surface area contributed by atoms with Crippen LogP contribution in [0, 0.1) is 0 Å². The molecule has 22 heavy (non-hydrogen) atoms. The molecule has 0 bridgehead atoms. The van der Waals surface area contributed by atoms with Crippen molar-refractivity contribution in [2.45, 2.75) is 19.5 Å². The number of carbonyl (C=O) groups excluding carboxylic acids is 3. The van der Waals surface area contributed by atoms with E-state index >= 15 is 0 Å². The second-order valence-corrected chi connectivity index (χ2v) is 4.73. The van der Waals surface area contributed by atoms with Crippen molar-refractivity contribution in [3.05, 3.63) is 35.9 Å².